The molecule has 37 heavy (non-hydrogen) atoms. The summed E-state index contributed by atoms with van der Waals surface area (Å²) in [7, 11) is 0. The van der Waals surface area contributed by atoms with E-state index in [9.17, 15) is 19.5 Å². The smallest absolute Gasteiger partial charge is 0.306 e. The maximum Gasteiger partial charge on any atom is 0.306 e. The van der Waals surface area contributed by atoms with E-state index in [0.29, 0.717) is 49.4 Å². The zero-order chi connectivity index (χ0) is 25.3. The van der Waals surface area contributed by atoms with Gasteiger partial charge in [0.05, 0.1) is 31.6 Å². The van der Waals surface area contributed by atoms with E-state index < -0.39 is 11.9 Å². The van der Waals surface area contributed by atoms with Gasteiger partial charge in [-0.05, 0) is 18.8 Å². The average molecular weight is 581 g/mol. The summed E-state index contributed by atoms with van der Waals surface area (Å²) in [5.41, 5.74) is 11.0. The van der Waals surface area contributed by atoms with Gasteiger partial charge in [0.1, 0.15) is 0 Å². The third-order valence-corrected chi connectivity index (χ3v) is 7.74. The van der Waals surface area contributed by atoms with Crippen LogP contribution in [0, 0.1) is 17.2 Å². The maximum atomic E-state index is 13.0. The lowest BCUT2D eigenvalue weighted by Gasteiger charge is -2.52. The number of carbonyl (C=O) groups is 3. The van der Waals surface area contributed by atoms with Crippen molar-refractivity contribution < 1.29 is 36.4 Å². The van der Waals surface area contributed by atoms with Crippen LogP contribution in [0.2, 0.25) is 5.15 Å². The molecule has 16 heteroatoms. The number of anilines is 2. The number of carbonyl (C=O) groups excluding carboxylic acids is 2. The van der Waals surface area contributed by atoms with Crippen molar-refractivity contribution >= 4 is 59.4 Å². The number of aliphatic carboxylic acids is 1. The Morgan fingerprint density at radius 2 is 1.73 bits per heavy atom. The van der Waals surface area contributed by atoms with Crippen molar-refractivity contribution in [3.63, 3.8) is 0 Å². The first-order valence-electron chi connectivity index (χ1n) is 11.7. The number of aromatic nitrogens is 2. The molecule has 0 aliphatic carbocycles. The number of nitrogen functional groups attached to an aromatic ring is 2. The first-order valence-corrected chi connectivity index (χ1v) is 12.1. The molecule has 206 valence electrons. The van der Waals surface area contributed by atoms with Crippen LogP contribution in [-0.4, -0.2) is 93.5 Å². The van der Waals surface area contributed by atoms with Crippen molar-refractivity contribution in [2.75, 3.05) is 50.7 Å². The second kappa shape index (κ2) is 12.3. The third kappa shape index (κ3) is 6.83. The summed E-state index contributed by atoms with van der Waals surface area (Å²) in [6, 6.07) is -0.0747. The second-order valence-electron chi connectivity index (χ2n) is 9.67. The Bertz CT molecular complexity index is 1040. The first-order chi connectivity index (χ1) is 16.6. The van der Waals surface area contributed by atoms with Crippen molar-refractivity contribution in [2.45, 2.75) is 31.7 Å². The number of guanidine groups is 1. The number of fused-ring (bicyclic) bond motifs is 3. The summed E-state index contributed by atoms with van der Waals surface area (Å²) >= 11 is 5.84. The van der Waals surface area contributed by atoms with Gasteiger partial charge in [-0.3, -0.25) is 25.1 Å². The molecule has 2 amide bonds. The number of hydrogen-bond donors (Lipinski definition) is 6. The van der Waals surface area contributed by atoms with Crippen molar-refractivity contribution in [2.24, 2.45) is 11.8 Å². The predicted molar refractivity (Wildman–Crippen MR) is 135 cm³/mol. The molecule has 0 spiro atoms. The number of carboxylic acids is 1. The lowest BCUT2D eigenvalue weighted by atomic mass is 9.81. The number of nitrogens with two attached hydrogens (primary N) is 2. The standard InChI is InChI=1S/C21H30ClN9O4.2ClH/c22-16-18(24)28-17(23)15(27-16)19(33)29-21(25)26-13-9-31(7-3-11(13)4-8-31)10-14(32)30-5-1-12(2-6-30)20(34)35;;/h11-13H,1-10H2,(H7-,23,24,25,26,28,29,33,34,35);2*1H/t11?,13-,31?;;/m1../s1. The lowest BCUT2D eigenvalue weighted by molar-refractivity contribution is -0.937. The average Bonchev–Trinajstić information content (AvgIpc) is 2.81. The van der Waals surface area contributed by atoms with Crippen LogP contribution in [0.3, 0.4) is 0 Å². The molecule has 1 atom stereocenters. The van der Waals surface area contributed by atoms with Gasteiger partial charge in [0.15, 0.2) is 35.0 Å². The number of amides is 2. The van der Waals surface area contributed by atoms with Gasteiger partial charge in [-0.15, -0.1) is 12.4 Å². The Morgan fingerprint density at radius 3 is 2.32 bits per heavy atom. The predicted octanol–water partition coefficient (Wildman–Crippen LogP) is -3.09. The minimum absolute atomic E-state index is 0. The lowest BCUT2D eigenvalue weighted by Crippen LogP contribution is -3.00. The summed E-state index contributed by atoms with van der Waals surface area (Å²) in [5.74, 6) is -1.98. The molecule has 0 aromatic carbocycles. The first kappa shape index (κ1) is 30.6. The SMILES string of the molecule is Cl.N=C(NC(=O)c1nc(Cl)c(N)nc1N)N[C@@H]1C[N+]2(CC(=O)N3CCC(C(=O)O)CC3)CCC1CC2.[Cl-]. The van der Waals surface area contributed by atoms with Crippen LogP contribution in [-0.2, 0) is 9.59 Å². The fourth-order valence-corrected chi connectivity index (χ4v) is 5.57. The van der Waals surface area contributed by atoms with Crippen LogP contribution < -0.4 is 34.5 Å². The molecular weight excluding hydrogens is 549 g/mol. The quantitative estimate of drug-likeness (QED) is 0.119. The van der Waals surface area contributed by atoms with E-state index in [1.54, 1.807) is 4.90 Å². The van der Waals surface area contributed by atoms with E-state index in [-0.39, 0.29) is 71.1 Å². The van der Waals surface area contributed by atoms with E-state index >= 15 is 0 Å². The van der Waals surface area contributed by atoms with E-state index in [1.165, 1.54) is 0 Å². The summed E-state index contributed by atoms with van der Waals surface area (Å²) in [6.07, 6.45) is 2.80. The molecule has 0 radical (unpaired) electrons. The molecule has 4 saturated heterocycles. The Hall–Kier alpha value is -2.61. The molecule has 5 rings (SSSR count). The summed E-state index contributed by atoms with van der Waals surface area (Å²) in [6.45, 7) is 3.73. The molecule has 5 heterocycles. The highest BCUT2D eigenvalue weighted by molar-refractivity contribution is 6.31. The van der Waals surface area contributed by atoms with Gasteiger partial charge in [0, 0.05) is 25.9 Å². The van der Waals surface area contributed by atoms with Gasteiger partial charge in [0.25, 0.3) is 11.8 Å². The zero-order valence-corrected chi connectivity index (χ0v) is 22.4. The fraction of sp³-hybridized carbons (Fsp3) is 0.619. The summed E-state index contributed by atoms with van der Waals surface area (Å²) in [4.78, 5) is 46.2. The van der Waals surface area contributed by atoms with Gasteiger partial charge in [0.2, 0.25) is 0 Å². The number of nitrogens with one attached hydrogen (secondary N) is 3. The van der Waals surface area contributed by atoms with E-state index in [0.717, 1.165) is 25.9 Å². The minimum Gasteiger partial charge on any atom is -1.00 e. The van der Waals surface area contributed by atoms with Crippen LogP contribution in [0.15, 0.2) is 0 Å². The van der Waals surface area contributed by atoms with Gasteiger partial charge in [-0.2, -0.15) is 0 Å². The summed E-state index contributed by atoms with van der Waals surface area (Å²) < 4.78 is 0.624. The molecule has 0 saturated carbocycles. The Labute approximate surface area is 231 Å². The number of likely N-dealkylation sites (tertiary alicyclic amines) is 1. The Balaban J connectivity index is 0.00000241. The molecule has 1 aromatic heterocycles. The molecule has 2 bridgehead atoms. The monoisotopic (exact) mass is 579 g/mol. The normalized spacial score (nSPS) is 24.8. The molecule has 13 nitrogen and oxygen atoms in total. The van der Waals surface area contributed by atoms with Crippen LogP contribution in [0.5, 0.6) is 0 Å². The maximum absolute atomic E-state index is 13.0. The number of hydrogen-bond acceptors (Lipinski definition) is 8. The topological polar surface area (TPSA) is 200 Å². The third-order valence-electron chi connectivity index (χ3n) is 7.46. The van der Waals surface area contributed by atoms with E-state index in [1.807, 2.05) is 0 Å². The Kier molecular flexibility index (Phi) is 10.2. The molecule has 4 aliphatic heterocycles. The van der Waals surface area contributed by atoms with Gasteiger partial charge < -0.3 is 43.7 Å². The number of piperidine rings is 4. The van der Waals surface area contributed by atoms with Crippen molar-refractivity contribution in [3.8, 4) is 0 Å². The number of carboxylic acid groups (broad SMARTS) is 1. The van der Waals surface area contributed by atoms with Gasteiger partial charge in [-0.25, -0.2) is 9.97 Å². The molecule has 4 fully saturated rings. The molecular formula is C21H32Cl3N9O4. The highest BCUT2D eigenvalue weighted by Crippen LogP contribution is 2.34. The van der Waals surface area contributed by atoms with E-state index in [4.69, 9.17) is 28.5 Å². The number of rotatable bonds is 5. The second-order valence-corrected chi connectivity index (χ2v) is 10.0. The number of quaternary nitrogens is 1. The fourth-order valence-electron chi connectivity index (χ4n) is 5.44. The molecule has 1 aromatic rings. The highest BCUT2D eigenvalue weighted by atomic mass is 35.5. The highest BCUT2D eigenvalue weighted by Gasteiger charge is 2.47. The number of nitrogens with zero attached hydrogens (tertiary/aromatic N) is 4. The zero-order valence-electron chi connectivity index (χ0n) is 20.1. The van der Waals surface area contributed by atoms with Crippen LogP contribution in [0.25, 0.3) is 0 Å². The molecule has 8 N–H and O–H groups in total. The van der Waals surface area contributed by atoms with Crippen molar-refractivity contribution in [1.82, 2.24) is 25.5 Å². The molecule has 4 aliphatic rings. The van der Waals surface area contributed by atoms with Crippen molar-refractivity contribution in [1.29, 1.82) is 5.41 Å². The van der Waals surface area contributed by atoms with Crippen LogP contribution in [0.1, 0.15) is 36.2 Å². The Morgan fingerprint density at radius 1 is 1.11 bits per heavy atom. The molecule has 0 unspecified atom stereocenters. The van der Waals surface area contributed by atoms with Crippen LogP contribution in [0.4, 0.5) is 11.6 Å². The van der Waals surface area contributed by atoms with Crippen LogP contribution >= 0.6 is 24.0 Å². The minimum atomic E-state index is -0.797. The summed E-state index contributed by atoms with van der Waals surface area (Å²) in [5, 5.41) is 22.8. The van der Waals surface area contributed by atoms with E-state index in [2.05, 4.69) is 20.6 Å². The van der Waals surface area contributed by atoms with Crippen molar-refractivity contribution in [3.05, 3.63) is 10.8 Å². The number of halogens is 3. The largest absolute Gasteiger partial charge is 1.00 e. The van der Waals surface area contributed by atoms with Gasteiger partial charge >= 0.3 is 5.97 Å². The van der Waals surface area contributed by atoms with Gasteiger partial charge in [-0.1, -0.05) is 11.6 Å².